The average molecular weight is 291 g/mol. The van der Waals surface area contributed by atoms with Gasteiger partial charge in [0.15, 0.2) is 5.69 Å². The molecule has 0 unspecified atom stereocenters. The van der Waals surface area contributed by atoms with E-state index in [-0.39, 0.29) is 5.69 Å². The quantitative estimate of drug-likeness (QED) is 0.793. The zero-order chi connectivity index (χ0) is 14.4. The summed E-state index contributed by atoms with van der Waals surface area (Å²) in [6.07, 6.45) is 3.20. The molecule has 2 rings (SSSR count). The molecule has 0 atom stereocenters. The number of methoxy groups -OCH3 is 1. The van der Waals surface area contributed by atoms with E-state index in [0.717, 1.165) is 36.4 Å². The molecule has 1 N–H and O–H groups in total. The molecule has 0 amide bonds. The van der Waals surface area contributed by atoms with Crippen LogP contribution in [0.15, 0.2) is 29.6 Å². The lowest BCUT2D eigenvalue weighted by atomic mass is 10.1. The van der Waals surface area contributed by atoms with Gasteiger partial charge >= 0.3 is 5.97 Å². The summed E-state index contributed by atoms with van der Waals surface area (Å²) >= 11 is 1.35. The number of aryl methyl sites for hydroxylation is 1. The third-order valence-corrected chi connectivity index (χ3v) is 3.88. The van der Waals surface area contributed by atoms with Crippen molar-refractivity contribution in [3.05, 3.63) is 40.9 Å². The van der Waals surface area contributed by atoms with Crippen molar-refractivity contribution < 1.29 is 14.6 Å². The van der Waals surface area contributed by atoms with Gasteiger partial charge in [0.2, 0.25) is 0 Å². The first-order valence-electron chi connectivity index (χ1n) is 6.48. The zero-order valence-corrected chi connectivity index (χ0v) is 12.2. The fraction of sp³-hybridized carbons (Fsp3) is 0.333. The molecular weight excluding hydrogens is 274 g/mol. The molecule has 0 fully saturated rings. The van der Waals surface area contributed by atoms with Gasteiger partial charge in [-0.1, -0.05) is 24.3 Å². The van der Waals surface area contributed by atoms with Crippen LogP contribution in [0.25, 0.3) is 10.6 Å². The van der Waals surface area contributed by atoms with E-state index in [1.54, 1.807) is 12.5 Å². The van der Waals surface area contributed by atoms with Crippen LogP contribution in [0.5, 0.6) is 0 Å². The summed E-state index contributed by atoms with van der Waals surface area (Å²) in [5, 5.41) is 11.2. The number of carbonyl (C=O) groups is 1. The second-order valence-corrected chi connectivity index (χ2v) is 5.35. The molecule has 0 aliphatic rings. The molecule has 106 valence electrons. The molecule has 0 saturated carbocycles. The number of carboxylic acid groups (broad SMARTS) is 1. The van der Waals surface area contributed by atoms with Gasteiger partial charge in [0.25, 0.3) is 0 Å². The summed E-state index contributed by atoms with van der Waals surface area (Å²) in [5.41, 5.74) is 2.34. The van der Waals surface area contributed by atoms with E-state index in [1.165, 1.54) is 16.9 Å². The maximum atomic E-state index is 10.8. The smallest absolute Gasteiger partial charge is 0.355 e. The minimum atomic E-state index is -0.984. The van der Waals surface area contributed by atoms with Crippen LogP contribution in [0.2, 0.25) is 0 Å². The molecule has 1 aromatic heterocycles. The molecule has 20 heavy (non-hydrogen) atoms. The Labute approximate surface area is 122 Å². The Morgan fingerprint density at radius 2 is 2.05 bits per heavy atom. The number of hydrogen-bond donors (Lipinski definition) is 1. The highest BCUT2D eigenvalue weighted by molar-refractivity contribution is 7.13. The minimum absolute atomic E-state index is 0.105. The highest BCUT2D eigenvalue weighted by Crippen LogP contribution is 2.24. The molecule has 4 nitrogen and oxygen atoms in total. The Morgan fingerprint density at radius 3 is 2.65 bits per heavy atom. The van der Waals surface area contributed by atoms with Crippen LogP contribution < -0.4 is 0 Å². The van der Waals surface area contributed by atoms with Gasteiger partial charge < -0.3 is 9.84 Å². The number of aromatic nitrogens is 1. The Kier molecular flexibility index (Phi) is 5.26. The Bertz CT molecular complexity index is 563. The number of rotatable bonds is 7. The lowest BCUT2D eigenvalue weighted by Gasteiger charge is -2.02. The molecule has 2 aromatic rings. The van der Waals surface area contributed by atoms with Crippen molar-refractivity contribution >= 4 is 17.3 Å². The van der Waals surface area contributed by atoms with Crippen molar-refractivity contribution in [3.8, 4) is 10.6 Å². The number of ether oxygens (including phenoxy) is 1. The molecule has 0 saturated heterocycles. The van der Waals surface area contributed by atoms with Gasteiger partial charge in [-0.2, -0.15) is 0 Å². The van der Waals surface area contributed by atoms with E-state index >= 15 is 0 Å². The molecule has 1 heterocycles. The first-order valence-corrected chi connectivity index (χ1v) is 7.35. The van der Waals surface area contributed by atoms with Crippen LogP contribution in [0.3, 0.4) is 0 Å². The van der Waals surface area contributed by atoms with Crippen molar-refractivity contribution in [3.63, 3.8) is 0 Å². The summed E-state index contributed by atoms with van der Waals surface area (Å²) < 4.78 is 5.02. The summed E-state index contributed by atoms with van der Waals surface area (Å²) in [6, 6.07) is 8.14. The predicted octanol–water partition coefficient (Wildman–Crippen LogP) is 3.48. The van der Waals surface area contributed by atoms with E-state index in [9.17, 15) is 4.79 Å². The second kappa shape index (κ2) is 7.17. The van der Waals surface area contributed by atoms with Gasteiger partial charge in [0, 0.05) is 24.7 Å². The number of nitrogens with zero attached hydrogens (tertiary/aromatic N) is 1. The van der Waals surface area contributed by atoms with Crippen LogP contribution in [0, 0.1) is 0 Å². The van der Waals surface area contributed by atoms with E-state index in [4.69, 9.17) is 9.84 Å². The number of benzene rings is 1. The fourth-order valence-corrected chi connectivity index (χ4v) is 2.69. The first-order chi connectivity index (χ1) is 9.70. The maximum absolute atomic E-state index is 10.8. The van der Waals surface area contributed by atoms with Gasteiger partial charge in [0.1, 0.15) is 5.01 Å². The number of carboxylic acids is 1. The largest absolute Gasteiger partial charge is 0.476 e. The maximum Gasteiger partial charge on any atom is 0.355 e. The molecular formula is C15H17NO3S. The van der Waals surface area contributed by atoms with Crippen molar-refractivity contribution in [1.29, 1.82) is 0 Å². The number of aromatic carboxylic acids is 1. The molecule has 1 aromatic carbocycles. The van der Waals surface area contributed by atoms with Crippen LogP contribution in [0.4, 0.5) is 0 Å². The number of unbranched alkanes of at least 4 members (excludes halogenated alkanes) is 1. The van der Waals surface area contributed by atoms with Crippen LogP contribution in [0.1, 0.15) is 28.9 Å². The van der Waals surface area contributed by atoms with E-state index < -0.39 is 5.97 Å². The number of thiazole rings is 1. The number of hydrogen-bond acceptors (Lipinski definition) is 4. The Morgan fingerprint density at radius 1 is 1.30 bits per heavy atom. The van der Waals surface area contributed by atoms with Gasteiger partial charge in [-0.25, -0.2) is 9.78 Å². The monoisotopic (exact) mass is 291 g/mol. The van der Waals surface area contributed by atoms with Gasteiger partial charge in [-0.15, -0.1) is 11.3 Å². The third kappa shape index (κ3) is 3.88. The molecule has 0 aliphatic heterocycles. The minimum Gasteiger partial charge on any atom is -0.476 e. The second-order valence-electron chi connectivity index (χ2n) is 4.49. The fourth-order valence-electron chi connectivity index (χ4n) is 1.89. The van der Waals surface area contributed by atoms with E-state index in [2.05, 4.69) is 17.1 Å². The van der Waals surface area contributed by atoms with Crippen molar-refractivity contribution in [2.24, 2.45) is 0 Å². The van der Waals surface area contributed by atoms with E-state index in [1.807, 2.05) is 12.1 Å². The molecule has 5 heteroatoms. The molecule has 0 bridgehead atoms. The van der Waals surface area contributed by atoms with Crippen LogP contribution in [-0.2, 0) is 11.2 Å². The SMILES string of the molecule is COCCCCc1ccc(-c2nc(C(=O)O)cs2)cc1. The van der Waals surface area contributed by atoms with Crippen molar-refractivity contribution in [2.75, 3.05) is 13.7 Å². The summed E-state index contributed by atoms with van der Waals surface area (Å²) in [7, 11) is 1.72. The lowest BCUT2D eigenvalue weighted by molar-refractivity contribution is 0.0691. The van der Waals surface area contributed by atoms with Gasteiger partial charge in [-0.3, -0.25) is 0 Å². The average Bonchev–Trinajstić information content (AvgIpc) is 2.94. The Balaban J connectivity index is 1.98. The highest BCUT2D eigenvalue weighted by atomic mass is 32.1. The standard InChI is InChI=1S/C15H17NO3S/c1-19-9-3-2-4-11-5-7-12(8-6-11)14-16-13(10-20-14)15(17)18/h5-8,10H,2-4,9H2,1H3,(H,17,18). The van der Waals surface area contributed by atoms with Crippen LogP contribution in [-0.4, -0.2) is 29.8 Å². The Hall–Kier alpha value is -1.72. The van der Waals surface area contributed by atoms with Gasteiger partial charge in [0.05, 0.1) is 0 Å². The normalized spacial score (nSPS) is 10.7. The molecule has 0 aliphatic carbocycles. The van der Waals surface area contributed by atoms with E-state index in [0.29, 0.717) is 0 Å². The van der Waals surface area contributed by atoms with Crippen LogP contribution >= 0.6 is 11.3 Å². The summed E-state index contributed by atoms with van der Waals surface area (Å²) in [4.78, 5) is 14.9. The van der Waals surface area contributed by atoms with Gasteiger partial charge in [-0.05, 0) is 24.8 Å². The summed E-state index contributed by atoms with van der Waals surface area (Å²) in [6.45, 7) is 0.801. The molecule has 0 spiro atoms. The highest BCUT2D eigenvalue weighted by Gasteiger charge is 2.09. The third-order valence-electron chi connectivity index (χ3n) is 2.99. The van der Waals surface area contributed by atoms with Crippen molar-refractivity contribution in [1.82, 2.24) is 4.98 Å². The first kappa shape index (κ1) is 14.7. The summed E-state index contributed by atoms with van der Waals surface area (Å²) in [5.74, 6) is -0.984. The topological polar surface area (TPSA) is 59.4 Å². The van der Waals surface area contributed by atoms with Crippen molar-refractivity contribution in [2.45, 2.75) is 19.3 Å². The lowest BCUT2D eigenvalue weighted by Crippen LogP contribution is -1.95. The zero-order valence-electron chi connectivity index (χ0n) is 11.3. The predicted molar refractivity (Wildman–Crippen MR) is 79.3 cm³/mol. The molecule has 0 radical (unpaired) electrons.